The lowest BCUT2D eigenvalue weighted by Crippen LogP contribution is -1.96. The van der Waals surface area contributed by atoms with Gasteiger partial charge in [-0.15, -0.1) is 0 Å². The molecule has 0 aliphatic heterocycles. The van der Waals surface area contributed by atoms with Crippen molar-refractivity contribution in [1.82, 2.24) is 29.9 Å². The SMILES string of the molecule is c1ccc(-c2cc(-c3ccccc3)nc(-c3ccc(-c4cccc5nc(-c6cccc7ccccc67)c6c7ccccc7oc6c45)cc3)n2)cc1.c1ccc(-c2ccc(-c3cc(-c4ccccc4)nc(-c4ccc(-c5cccc6nc(-c7cccc8ccccc78)c7c8ccccc8oc7c56)cc4)n3)cc2)cc1. The number of benzene rings is 15. The summed E-state index contributed by atoms with van der Waals surface area (Å²) < 4.78 is 13.5. The predicted molar refractivity (Wildman–Crippen MR) is 444 cm³/mol. The van der Waals surface area contributed by atoms with Crippen LogP contribution in [0.2, 0.25) is 0 Å². The molecule has 0 fully saturated rings. The standard InChI is InChI=1S/C53H33N3O.C47H29N3O/c1-3-13-34(14-4-1)35-25-29-39(30-26-35)47-33-46(38-16-5-2-6-17-38)55-53(56-47)40-31-27-37(28-32-40)42-21-12-23-45-49(42)52-50(44-20-9-10-24-48(44)57-52)51(54-45)43-22-11-18-36-15-7-8-19-41(36)43;1-3-14-32(15-4-1)40-29-41(33-16-5-2-6-17-33)50-47(49-40)34-27-25-31(26-28-34)36-21-12-23-39-43(36)46-44(38-20-9-10-24-42(38)51-46)45(48-39)37-22-11-18-30-13-7-8-19-35(30)37/h1-33H;1-29H. The molecule has 504 valence electrons. The molecule has 0 unspecified atom stereocenters. The van der Waals surface area contributed by atoms with Gasteiger partial charge in [0, 0.05) is 55.3 Å². The first-order valence-corrected chi connectivity index (χ1v) is 36.3. The van der Waals surface area contributed by atoms with E-state index in [1.807, 2.05) is 84.9 Å². The van der Waals surface area contributed by atoms with Crippen molar-refractivity contribution in [2.24, 2.45) is 0 Å². The molecule has 0 aliphatic carbocycles. The van der Waals surface area contributed by atoms with Gasteiger partial charge in [0.25, 0.3) is 0 Å². The van der Waals surface area contributed by atoms with E-state index in [2.05, 4.69) is 291 Å². The molecular weight excluding hydrogens is 1320 g/mol. The fourth-order valence-corrected chi connectivity index (χ4v) is 15.4. The Labute approximate surface area is 621 Å². The molecule has 21 aromatic rings. The summed E-state index contributed by atoms with van der Waals surface area (Å²) in [5.41, 5.74) is 25.3. The summed E-state index contributed by atoms with van der Waals surface area (Å²) in [4.78, 5) is 31.1. The number of hydrogen-bond donors (Lipinski definition) is 0. The van der Waals surface area contributed by atoms with Gasteiger partial charge in [-0.1, -0.05) is 340 Å². The van der Waals surface area contributed by atoms with Crippen LogP contribution >= 0.6 is 0 Å². The van der Waals surface area contributed by atoms with Crippen LogP contribution in [-0.4, -0.2) is 29.9 Å². The number of para-hydroxylation sites is 2. The Balaban J connectivity index is 0.000000143. The van der Waals surface area contributed by atoms with Crippen molar-refractivity contribution in [2.45, 2.75) is 0 Å². The van der Waals surface area contributed by atoms with Crippen LogP contribution in [0.5, 0.6) is 0 Å². The van der Waals surface area contributed by atoms with Crippen LogP contribution in [0.4, 0.5) is 0 Å². The number of pyridine rings is 2. The Bertz CT molecular complexity index is 6940. The summed E-state index contributed by atoms with van der Waals surface area (Å²) in [7, 11) is 0. The Morgan fingerprint density at radius 3 is 0.880 bits per heavy atom. The number of rotatable bonds is 11. The average molecular weight is 1380 g/mol. The van der Waals surface area contributed by atoms with Gasteiger partial charge < -0.3 is 8.83 Å². The Hall–Kier alpha value is -14.6. The number of furan rings is 2. The highest BCUT2D eigenvalue weighted by atomic mass is 16.3. The van der Waals surface area contributed by atoms with E-state index < -0.39 is 0 Å². The highest BCUT2D eigenvalue weighted by molar-refractivity contribution is 6.25. The number of aromatic nitrogens is 6. The Morgan fingerprint density at radius 1 is 0.185 bits per heavy atom. The fourth-order valence-electron chi connectivity index (χ4n) is 15.4. The van der Waals surface area contributed by atoms with Crippen LogP contribution in [0, 0.1) is 0 Å². The predicted octanol–water partition coefficient (Wildman–Crippen LogP) is 26.5. The Morgan fingerprint density at radius 2 is 0.472 bits per heavy atom. The van der Waals surface area contributed by atoms with Crippen LogP contribution in [-0.2, 0) is 0 Å². The van der Waals surface area contributed by atoms with E-state index in [4.69, 9.17) is 38.7 Å². The van der Waals surface area contributed by atoms with Crippen LogP contribution in [0.15, 0.2) is 385 Å². The van der Waals surface area contributed by atoms with Gasteiger partial charge in [-0.2, -0.15) is 0 Å². The van der Waals surface area contributed by atoms with E-state index in [1.165, 1.54) is 27.3 Å². The molecule has 0 bridgehead atoms. The highest BCUT2D eigenvalue weighted by Gasteiger charge is 2.25. The zero-order valence-corrected chi connectivity index (χ0v) is 58.3. The van der Waals surface area contributed by atoms with Gasteiger partial charge in [0.2, 0.25) is 0 Å². The first kappa shape index (κ1) is 63.1. The molecule has 0 aliphatic rings. The molecular formula is C100H62N6O2. The largest absolute Gasteiger partial charge is 0.455 e. The highest BCUT2D eigenvalue weighted by Crippen LogP contribution is 2.47. The zero-order valence-electron chi connectivity index (χ0n) is 58.3. The van der Waals surface area contributed by atoms with Gasteiger partial charge in [0.05, 0.1) is 66.7 Å². The molecule has 0 saturated carbocycles. The number of hydrogen-bond acceptors (Lipinski definition) is 8. The lowest BCUT2D eigenvalue weighted by molar-refractivity contribution is 0.672. The van der Waals surface area contributed by atoms with Gasteiger partial charge in [0.15, 0.2) is 11.6 Å². The molecule has 6 heterocycles. The minimum absolute atomic E-state index is 0.670. The van der Waals surface area contributed by atoms with Gasteiger partial charge in [-0.3, -0.25) is 0 Å². The van der Waals surface area contributed by atoms with E-state index in [1.54, 1.807) is 0 Å². The average Bonchev–Trinajstić information content (AvgIpc) is 1.58. The molecule has 108 heavy (non-hydrogen) atoms. The third-order valence-corrected chi connectivity index (χ3v) is 20.6. The monoisotopic (exact) mass is 1380 g/mol. The molecule has 0 N–H and O–H groups in total. The van der Waals surface area contributed by atoms with E-state index in [0.29, 0.717) is 11.6 Å². The van der Waals surface area contributed by atoms with Crippen LogP contribution < -0.4 is 0 Å². The van der Waals surface area contributed by atoms with E-state index in [-0.39, 0.29) is 0 Å². The second-order valence-corrected chi connectivity index (χ2v) is 27.1. The van der Waals surface area contributed by atoms with Crippen molar-refractivity contribution in [3.8, 4) is 124 Å². The molecule has 0 saturated heterocycles. The van der Waals surface area contributed by atoms with Gasteiger partial charge >= 0.3 is 0 Å². The number of fused-ring (bicyclic) bond motifs is 12. The van der Waals surface area contributed by atoms with Crippen molar-refractivity contribution in [3.63, 3.8) is 0 Å². The second-order valence-electron chi connectivity index (χ2n) is 27.1. The van der Waals surface area contributed by atoms with Crippen molar-refractivity contribution >= 4 is 87.2 Å². The summed E-state index contributed by atoms with van der Waals surface area (Å²) in [6.45, 7) is 0. The summed E-state index contributed by atoms with van der Waals surface area (Å²) in [6, 6.07) is 130. The van der Waals surface area contributed by atoms with E-state index >= 15 is 0 Å². The van der Waals surface area contributed by atoms with E-state index in [0.717, 1.165) is 172 Å². The first-order chi connectivity index (χ1) is 53.5. The molecule has 6 aromatic heterocycles. The van der Waals surface area contributed by atoms with Gasteiger partial charge in [0.1, 0.15) is 22.3 Å². The molecule has 21 rings (SSSR count). The quantitative estimate of drug-likeness (QED) is 0.126. The van der Waals surface area contributed by atoms with Crippen molar-refractivity contribution in [1.29, 1.82) is 0 Å². The molecule has 15 aromatic carbocycles. The smallest absolute Gasteiger partial charge is 0.160 e. The van der Waals surface area contributed by atoms with Gasteiger partial charge in [-0.25, -0.2) is 29.9 Å². The van der Waals surface area contributed by atoms with Crippen LogP contribution in [0.1, 0.15) is 0 Å². The maximum absolute atomic E-state index is 6.78. The van der Waals surface area contributed by atoms with Crippen molar-refractivity contribution in [2.75, 3.05) is 0 Å². The molecule has 8 nitrogen and oxygen atoms in total. The summed E-state index contributed by atoms with van der Waals surface area (Å²) in [5, 5.41) is 10.8. The lowest BCUT2D eigenvalue weighted by Gasteiger charge is -2.13. The minimum atomic E-state index is 0.670. The molecule has 0 spiro atoms. The summed E-state index contributed by atoms with van der Waals surface area (Å²) in [5.74, 6) is 1.35. The number of nitrogens with zero attached hydrogens (tertiary/aromatic N) is 6. The molecule has 0 atom stereocenters. The van der Waals surface area contributed by atoms with Crippen LogP contribution in [0.3, 0.4) is 0 Å². The first-order valence-electron chi connectivity index (χ1n) is 36.3. The third-order valence-electron chi connectivity index (χ3n) is 20.6. The lowest BCUT2D eigenvalue weighted by atomic mass is 9.94. The maximum Gasteiger partial charge on any atom is 0.160 e. The zero-order chi connectivity index (χ0) is 71.4. The third kappa shape index (κ3) is 11.5. The normalized spacial score (nSPS) is 11.5. The van der Waals surface area contributed by atoms with Crippen molar-refractivity contribution in [3.05, 3.63) is 376 Å². The summed E-state index contributed by atoms with van der Waals surface area (Å²) >= 11 is 0. The second kappa shape index (κ2) is 26.9. The molecule has 0 amide bonds. The maximum atomic E-state index is 6.78. The molecule has 8 heteroatoms. The van der Waals surface area contributed by atoms with Crippen molar-refractivity contribution < 1.29 is 8.83 Å². The van der Waals surface area contributed by atoms with E-state index in [9.17, 15) is 0 Å². The molecule has 0 radical (unpaired) electrons. The van der Waals surface area contributed by atoms with Gasteiger partial charge in [-0.05, 0) is 91.3 Å². The Kier molecular flexibility index (Phi) is 15.7. The minimum Gasteiger partial charge on any atom is -0.455 e. The van der Waals surface area contributed by atoms with Crippen LogP contribution in [0.25, 0.3) is 211 Å². The fraction of sp³-hybridized carbons (Fsp3) is 0. The topological polar surface area (TPSA) is 104 Å². The summed E-state index contributed by atoms with van der Waals surface area (Å²) in [6.07, 6.45) is 0.